The van der Waals surface area contributed by atoms with Crippen molar-refractivity contribution in [1.29, 1.82) is 0 Å². The molecule has 0 radical (unpaired) electrons. The molecule has 0 saturated carbocycles. The molecule has 0 amide bonds. The predicted octanol–water partition coefficient (Wildman–Crippen LogP) is 2.55. The highest BCUT2D eigenvalue weighted by atomic mass is 15.1. The summed E-state index contributed by atoms with van der Waals surface area (Å²) in [7, 11) is 0. The number of nitrogens with one attached hydrogen (secondary N) is 1. The van der Waals surface area contributed by atoms with Gasteiger partial charge in [-0.3, -0.25) is 10.1 Å². The smallest absolute Gasteiger partial charge is 0.112 e. The summed E-state index contributed by atoms with van der Waals surface area (Å²) in [6.45, 7) is 0. The first-order valence-corrected chi connectivity index (χ1v) is 5.25. The Kier molecular flexibility index (Phi) is 2.14. The summed E-state index contributed by atoms with van der Waals surface area (Å²) in [5, 5.41) is 7.28. The summed E-state index contributed by atoms with van der Waals surface area (Å²) < 4.78 is 0. The summed E-state index contributed by atoms with van der Waals surface area (Å²) in [5.74, 6) is 0. The van der Waals surface area contributed by atoms with Crippen molar-refractivity contribution in [3.8, 4) is 0 Å². The molecule has 78 valence electrons. The van der Waals surface area contributed by atoms with Gasteiger partial charge >= 0.3 is 0 Å². The topological polar surface area (TPSA) is 41.6 Å². The second-order valence-corrected chi connectivity index (χ2v) is 3.74. The maximum atomic E-state index is 4.34. The van der Waals surface area contributed by atoms with Crippen LogP contribution in [0.25, 0.3) is 11.0 Å². The average Bonchev–Trinajstić information content (AvgIpc) is 2.74. The Labute approximate surface area is 93.2 Å². The van der Waals surface area contributed by atoms with Gasteiger partial charge in [-0.15, -0.1) is 0 Å². The van der Waals surface area contributed by atoms with E-state index in [0.29, 0.717) is 0 Å². The van der Waals surface area contributed by atoms with Crippen molar-refractivity contribution in [3.63, 3.8) is 0 Å². The fourth-order valence-electron chi connectivity index (χ4n) is 1.82. The van der Waals surface area contributed by atoms with Crippen molar-refractivity contribution >= 4 is 11.0 Å². The van der Waals surface area contributed by atoms with Crippen LogP contribution >= 0.6 is 0 Å². The molecule has 1 aromatic carbocycles. The van der Waals surface area contributed by atoms with E-state index in [9.17, 15) is 0 Å². The highest BCUT2D eigenvalue weighted by Gasteiger charge is 2.05. The quantitative estimate of drug-likeness (QED) is 0.704. The van der Waals surface area contributed by atoms with Gasteiger partial charge in [0.05, 0.1) is 5.69 Å². The normalized spacial score (nSPS) is 10.8. The van der Waals surface area contributed by atoms with Crippen LogP contribution in [0.3, 0.4) is 0 Å². The standard InChI is InChI=1S/C13H11N3/c1-2-5-10(6-3-1)9-12-13-11(15-16-12)7-4-8-14-13/h1-8H,9H2,(H,15,16). The summed E-state index contributed by atoms with van der Waals surface area (Å²) in [6.07, 6.45) is 2.64. The van der Waals surface area contributed by atoms with E-state index >= 15 is 0 Å². The Hall–Kier alpha value is -2.16. The fraction of sp³-hybridized carbons (Fsp3) is 0.0769. The number of fused-ring (bicyclic) bond motifs is 1. The molecule has 16 heavy (non-hydrogen) atoms. The van der Waals surface area contributed by atoms with Crippen LogP contribution in [0.5, 0.6) is 0 Å². The summed E-state index contributed by atoms with van der Waals surface area (Å²) in [6, 6.07) is 14.2. The first kappa shape index (κ1) is 9.09. The van der Waals surface area contributed by atoms with E-state index in [1.54, 1.807) is 6.20 Å². The third kappa shape index (κ3) is 1.56. The van der Waals surface area contributed by atoms with E-state index in [1.807, 2.05) is 30.3 Å². The van der Waals surface area contributed by atoms with Gasteiger partial charge in [0.25, 0.3) is 0 Å². The van der Waals surface area contributed by atoms with Gasteiger partial charge < -0.3 is 0 Å². The van der Waals surface area contributed by atoms with Gasteiger partial charge in [-0.05, 0) is 17.7 Å². The molecule has 0 aliphatic rings. The molecule has 3 aromatic rings. The van der Waals surface area contributed by atoms with E-state index < -0.39 is 0 Å². The molecule has 0 aliphatic heterocycles. The van der Waals surface area contributed by atoms with Crippen molar-refractivity contribution in [2.24, 2.45) is 0 Å². The van der Waals surface area contributed by atoms with Crippen LogP contribution in [0.4, 0.5) is 0 Å². The summed E-state index contributed by atoms with van der Waals surface area (Å²) >= 11 is 0. The molecule has 0 aliphatic carbocycles. The van der Waals surface area contributed by atoms with Gasteiger partial charge in [0.2, 0.25) is 0 Å². The number of hydrogen-bond acceptors (Lipinski definition) is 2. The minimum Gasteiger partial charge on any atom is -0.279 e. The molecule has 0 fully saturated rings. The zero-order valence-corrected chi connectivity index (χ0v) is 8.72. The van der Waals surface area contributed by atoms with Crippen LogP contribution in [-0.2, 0) is 6.42 Å². The van der Waals surface area contributed by atoms with Crippen molar-refractivity contribution in [1.82, 2.24) is 15.2 Å². The lowest BCUT2D eigenvalue weighted by atomic mass is 10.1. The maximum absolute atomic E-state index is 4.34. The van der Waals surface area contributed by atoms with Crippen molar-refractivity contribution < 1.29 is 0 Å². The van der Waals surface area contributed by atoms with Crippen LogP contribution in [0.1, 0.15) is 11.3 Å². The van der Waals surface area contributed by atoms with Gasteiger partial charge in [0.1, 0.15) is 11.0 Å². The highest BCUT2D eigenvalue weighted by molar-refractivity contribution is 5.76. The fourth-order valence-corrected chi connectivity index (χ4v) is 1.82. The Morgan fingerprint density at radius 1 is 1.00 bits per heavy atom. The number of rotatable bonds is 2. The van der Waals surface area contributed by atoms with E-state index in [0.717, 1.165) is 23.1 Å². The zero-order valence-electron chi connectivity index (χ0n) is 8.72. The molecule has 3 rings (SSSR count). The van der Waals surface area contributed by atoms with E-state index in [2.05, 4.69) is 27.3 Å². The molecular weight excluding hydrogens is 198 g/mol. The Morgan fingerprint density at radius 2 is 1.88 bits per heavy atom. The largest absolute Gasteiger partial charge is 0.279 e. The molecule has 3 nitrogen and oxygen atoms in total. The summed E-state index contributed by atoms with van der Waals surface area (Å²) in [4.78, 5) is 4.34. The van der Waals surface area contributed by atoms with Crippen LogP contribution in [0, 0.1) is 0 Å². The van der Waals surface area contributed by atoms with Gasteiger partial charge in [-0.2, -0.15) is 5.10 Å². The van der Waals surface area contributed by atoms with Crippen LogP contribution in [-0.4, -0.2) is 15.2 Å². The van der Waals surface area contributed by atoms with Crippen molar-refractivity contribution in [2.45, 2.75) is 6.42 Å². The molecule has 0 bridgehead atoms. The average molecular weight is 209 g/mol. The number of hydrogen-bond donors (Lipinski definition) is 1. The first-order chi connectivity index (χ1) is 7.93. The third-order valence-electron chi connectivity index (χ3n) is 2.61. The second kappa shape index (κ2) is 3.77. The van der Waals surface area contributed by atoms with Crippen LogP contribution in [0.15, 0.2) is 48.7 Å². The third-order valence-corrected chi connectivity index (χ3v) is 2.61. The predicted molar refractivity (Wildman–Crippen MR) is 63.1 cm³/mol. The lowest BCUT2D eigenvalue weighted by Crippen LogP contribution is -1.89. The van der Waals surface area contributed by atoms with Gasteiger partial charge in [0, 0.05) is 12.6 Å². The van der Waals surface area contributed by atoms with Gasteiger partial charge in [-0.25, -0.2) is 0 Å². The number of aromatic nitrogens is 3. The zero-order chi connectivity index (χ0) is 10.8. The number of H-pyrrole nitrogens is 1. The maximum Gasteiger partial charge on any atom is 0.112 e. The monoisotopic (exact) mass is 209 g/mol. The number of benzene rings is 1. The molecule has 0 spiro atoms. The Balaban J connectivity index is 2.01. The number of aromatic amines is 1. The molecule has 1 N–H and O–H groups in total. The Bertz CT molecular complexity index is 599. The second-order valence-electron chi connectivity index (χ2n) is 3.74. The van der Waals surface area contributed by atoms with Gasteiger partial charge in [-0.1, -0.05) is 30.3 Å². The highest BCUT2D eigenvalue weighted by Crippen LogP contribution is 2.15. The summed E-state index contributed by atoms with van der Waals surface area (Å²) in [5.41, 5.74) is 4.22. The van der Waals surface area contributed by atoms with E-state index in [-0.39, 0.29) is 0 Å². The molecule has 0 unspecified atom stereocenters. The lowest BCUT2D eigenvalue weighted by molar-refractivity contribution is 1.01. The van der Waals surface area contributed by atoms with Crippen molar-refractivity contribution in [2.75, 3.05) is 0 Å². The SMILES string of the molecule is c1ccc(Cc2[nH]nc3cccnc23)cc1. The molecular formula is C13H11N3. The van der Waals surface area contributed by atoms with Crippen molar-refractivity contribution in [3.05, 3.63) is 59.9 Å². The number of pyridine rings is 1. The molecule has 2 aromatic heterocycles. The van der Waals surface area contributed by atoms with E-state index in [1.165, 1.54) is 5.56 Å². The van der Waals surface area contributed by atoms with Crippen LogP contribution in [0.2, 0.25) is 0 Å². The van der Waals surface area contributed by atoms with Crippen LogP contribution < -0.4 is 0 Å². The first-order valence-electron chi connectivity index (χ1n) is 5.25. The molecule has 3 heteroatoms. The Morgan fingerprint density at radius 3 is 2.75 bits per heavy atom. The minimum atomic E-state index is 0.842. The minimum absolute atomic E-state index is 0.842. The molecule has 0 saturated heterocycles. The lowest BCUT2D eigenvalue weighted by Gasteiger charge is -1.98. The van der Waals surface area contributed by atoms with Gasteiger partial charge in [0.15, 0.2) is 0 Å². The molecule has 0 atom stereocenters. The number of nitrogens with zero attached hydrogens (tertiary/aromatic N) is 2. The van der Waals surface area contributed by atoms with E-state index in [4.69, 9.17) is 0 Å². The molecule has 2 heterocycles.